The fourth-order valence-corrected chi connectivity index (χ4v) is 4.33. The molecular weight excluding hydrogens is 394 g/mol. The van der Waals surface area contributed by atoms with Crippen molar-refractivity contribution in [1.82, 2.24) is 15.3 Å². The highest BCUT2D eigenvalue weighted by Crippen LogP contribution is 2.29. The Bertz CT molecular complexity index is 1140. The average Bonchev–Trinajstić information content (AvgIpc) is 3.25. The minimum atomic E-state index is 0. The number of aromatic amines is 1. The molecule has 4 nitrogen and oxygen atoms in total. The van der Waals surface area contributed by atoms with Crippen LogP contribution in [0.15, 0.2) is 67.0 Å². The predicted octanol–water partition coefficient (Wildman–Crippen LogP) is 5.31. The molecule has 1 heterocycles. The second kappa shape index (κ2) is 8.90. The third-order valence-electron chi connectivity index (χ3n) is 5.96. The van der Waals surface area contributed by atoms with Crippen LogP contribution in [0, 0.1) is 0 Å². The number of imidazole rings is 1. The van der Waals surface area contributed by atoms with Crippen LogP contribution in [0.1, 0.15) is 23.1 Å². The standard InChI is InChI=1S/C25H25N3O.ClH/c1-29-25-4-2-3-20-13-21(10-11-22(20)25)26-15-17-5-7-18(8-6-17)19-9-12-23-24(14-19)28-16-27-23;/h2-9,12,14,16,21,26H,10-11,13,15H2,1H3,(H,27,28);1H/t21-;/m1./s1. The van der Waals surface area contributed by atoms with Crippen LogP contribution in [0.2, 0.25) is 0 Å². The van der Waals surface area contributed by atoms with E-state index in [9.17, 15) is 0 Å². The largest absolute Gasteiger partial charge is 0.496 e. The van der Waals surface area contributed by atoms with Gasteiger partial charge in [0.1, 0.15) is 5.75 Å². The van der Waals surface area contributed by atoms with Crippen LogP contribution in [0.3, 0.4) is 0 Å². The number of methoxy groups -OCH3 is 1. The lowest BCUT2D eigenvalue weighted by atomic mass is 9.87. The second-order valence-corrected chi connectivity index (χ2v) is 7.75. The molecule has 1 aliphatic rings. The normalized spacial score (nSPS) is 15.4. The number of hydrogen-bond donors (Lipinski definition) is 2. The summed E-state index contributed by atoms with van der Waals surface area (Å²) in [7, 11) is 1.76. The first-order chi connectivity index (χ1) is 14.3. The molecule has 0 saturated heterocycles. The van der Waals surface area contributed by atoms with Crippen molar-refractivity contribution in [3.05, 3.63) is 83.7 Å². The Morgan fingerprint density at radius 1 is 1.07 bits per heavy atom. The predicted molar refractivity (Wildman–Crippen MR) is 124 cm³/mol. The molecule has 0 saturated carbocycles. The van der Waals surface area contributed by atoms with Gasteiger partial charge in [-0.1, -0.05) is 42.5 Å². The molecule has 0 radical (unpaired) electrons. The SMILES string of the molecule is COc1cccc2c1CC[C@@H](NCc1ccc(-c3ccc4[nH]cnc4c3)cc1)C2.Cl. The number of fused-ring (bicyclic) bond motifs is 2. The molecule has 2 N–H and O–H groups in total. The Labute approximate surface area is 183 Å². The van der Waals surface area contributed by atoms with Crippen LogP contribution in [0.4, 0.5) is 0 Å². The first-order valence-electron chi connectivity index (χ1n) is 10.2. The second-order valence-electron chi connectivity index (χ2n) is 7.75. The van der Waals surface area contributed by atoms with Crippen molar-refractivity contribution in [2.24, 2.45) is 0 Å². The maximum absolute atomic E-state index is 5.52. The molecule has 5 rings (SSSR count). The number of halogens is 1. The van der Waals surface area contributed by atoms with E-state index >= 15 is 0 Å². The first kappa shape index (κ1) is 20.5. The summed E-state index contributed by atoms with van der Waals surface area (Å²) in [6.45, 7) is 0.892. The van der Waals surface area contributed by atoms with E-state index in [1.165, 1.54) is 27.8 Å². The van der Waals surface area contributed by atoms with Gasteiger partial charge in [-0.25, -0.2) is 4.98 Å². The average molecular weight is 420 g/mol. The highest BCUT2D eigenvalue weighted by Gasteiger charge is 2.20. The minimum absolute atomic E-state index is 0. The summed E-state index contributed by atoms with van der Waals surface area (Å²) in [4.78, 5) is 7.50. The lowest BCUT2D eigenvalue weighted by Gasteiger charge is -2.27. The van der Waals surface area contributed by atoms with Crippen molar-refractivity contribution in [3.63, 3.8) is 0 Å². The monoisotopic (exact) mass is 419 g/mol. The van der Waals surface area contributed by atoms with Gasteiger partial charge < -0.3 is 15.0 Å². The molecule has 0 unspecified atom stereocenters. The molecule has 4 aromatic rings. The quantitative estimate of drug-likeness (QED) is 0.461. The molecule has 1 aromatic heterocycles. The smallest absolute Gasteiger partial charge is 0.122 e. The highest BCUT2D eigenvalue weighted by atomic mass is 35.5. The number of H-pyrrole nitrogens is 1. The van der Waals surface area contributed by atoms with E-state index < -0.39 is 0 Å². The highest BCUT2D eigenvalue weighted by molar-refractivity contribution is 5.85. The summed E-state index contributed by atoms with van der Waals surface area (Å²) < 4.78 is 5.52. The van der Waals surface area contributed by atoms with Gasteiger partial charge in [-0.05, 0) is 65.3 Å². The number of nitrogens with zero attached hydrogens (tertiary/aromatic N) is 1. The maximum atomic E-state index is 5.52. The van der Waals surface area contributed by atoms with E-state index in [2.05, 4.69) is 75.9 Å². The zero-order valence-corrected chi connectivity index (χ0v) is 17.8. The number of hydrogen-bond acceptors (Lipinski definition) is 3. The third-order valence-corrected chi connectivity index (χ3v) is 5.96. The number of aromatic nitrogens is 2. The summed E-state index contributed by atoms with van der Waals surface area (Å²) in [6.07, 6.45) is 5.03. The lowest BCUT2D eigenvalue weighted by Crippen LogP contribution is -2.34. The zero-order valence-electron chi connectivity index (χ0n) is 17.0. The van der Waals surface area contributed by atoms with Crippen molar-refractivity contribution < 1.29 is 4.74 Å². The Hall–Kier alpha value is -2.82. The minimum Gasteiger partial charge on any atom is -0.496 e. The van der Waals surface area contributed by atoms with E-state index in [1.54, 1.807) is 13.4 Å². The van der Waals surface area contributed by atoms with Crippen molar-refractivity contribution >= 4 is 23.4 Å². The zero-order chi connectivity index (χ0) is 19.6. The molecule has 0 spiro atoms. The van der Waals surface area contributed by atoms with Gasteiger partial charge in [0.25, 0.3) is 0 Å². The van der Waals surface area contributed by atoms with Gasteiger partial charge >= 0.3 is 0 Å². The van der Waals surface area contributed by atoms with Crippen LogP contribution >= 0.6 is 12.4 Å². The van der Waals surface area contributed by atoms with Gasteiger partial charge in [0.2, 0.25) is 0 Å². The number of rotatable bonds is 5. The molecule has 1 aliphatic carbocycles. The Morgan fingerprint density at radius 2 is 1.90 bits per heavy atom. The van der Waals surface area contributed by atoms with Crippen LogP contribution in [0.5, 0.6) is 5.75 Å². The van der Waals surface area contributed by atoms with Crippen molar-refractivity contribution in [2.45, 2.75) is 31.8 Å². The Balaban J connectivity index is 0.00000218. The van der Waals surface area contributed by atoms with E-state index in [-0.39, 0.29) is 12.4 Å². The van der Waals surface area contributed by atoms with Gasteiger partial charge in [-0.15, -0.1) is 12.4 Å². The molecule has 0 fully saturated rings. The van der Waals surface area contributed by atoms with Crippen LogP contribution in [-0.4, -0.2) is 23.1 Å². The Kier molecular flexibility index (Phi) is 6.07. The van der Waals surface area contributed by atoms with Crippen molar-refractivity contribution in [3.8, 4) is 16.9 Å². The molecule has 3 aromatic carbocycles. The van der Waals surface area contributed by atoms with Gasteiger partial charge in [0, 0.05) is 12.6 Å². The topological polar surface area (TPSA) is 49.9 Å². The van der Waals surface area contributed by atoms with Crippen molar-refractivity contribution in [1.29, 1.82) is 0 Å². The number of benzene rings is 3. The van der Waals surface area contributed by atoms with Crippen LogP contribution < -0.4 is 10.1 Å². The van der Waals surface area contributed by atoms with Crippen molar-refractivity contribution in [2.75, 3.05) is 7.11 Å². The van der Waals surface area contributed by atoms with E-state index in [0.29, 0.717) is 6.04 Å². The molecule has 0 bridgehead atoms. The molecule has 5 heteroatoms. The molecule has 154 valence electrons. The summed E-state index contributed by atoms with van der Waals surface area (Å²) in [5.74, 6) is 1.03. The first-order valence-corrected chi connectivity index (χ1v) is 10.2. The van der Waals surface area contributed by atoms with Gasteiger partial charge in [-0.2, -0.15) is 0 Å². The summed E-state index contributed by atoms with van der Waals surface area (Å²) in [5.41, 5.74) is 8.59. The van der Waals surface area contributed by atoms with E-state index in [4.69, 9.17) is 4.74 Å². The number of ether oxygens (including phenoxy) is 1. The molecule has 0 aliphatic heterocycles. The fourth-order valence-electron chi connectivity index (χ4n) is 4.33. The molecule has 0 amide bonds. The van der Waals surface area contributed by atoms with E-state index in [0.717, 1.165) is 42.6 Å². The van der Waals surface area contributed by atoms with E-state index in [1.807, 2.05) is 0 Å². The van der Waals surface area contributed by atoms with Crippen LogP contribution in [-0.2, 0) is 19.4 Å². The summed E-state index contributed by atoms with van der Waals surface area (Å²) in [5, 5.41) is 3.74. The molecule has 30 heavy (non-hydrogen) atoms. The lowest BCUT2D eigenvalue weighted by molar-refractivity contribution is 0.397. The summed E-state index contributed by atoms with van der Waals surface area (Å²) in [6, 6.07) is 22.1. The summed E-state index contributed by atoms with van der Waals surface area (Å²) >= 11 is 0. The van der Waals surface area contributed by atoms with Gasteiger partial charge in [-0.3, -0.25) is 0 Å². The fraction of sp³-hybridized carbons (Fsp3) is 0.240. The van der Waals surface area contributed by atoms with Gasteiger partial charge in [0.05, 0.1) is 24.5 Å². The van der Waals surface area contributed by atoms with Crippen LogP contribution in [0.25, 0.3) is 22.2 Å². The number of nitrogens with one attached hydrogen (secondary N) is 2. The molecular formula is C25H26ClN3O. The molecule has 1 atom stereocenters. The van der Waals surface area contributed by atoms with Gasteiger partial charge in [0.15, 0.2) is 0 Å². The Morgan fingerprint density at radius 3 is 2.73 bits per heavy atom. The maximum Gasteiger partial charge on any atom is 0.122 e. The third kappa shape index (κ3) is 4.07.